The molecular weight excluding hydrogens is 336 g/mol. The molecule has 2 N–H and O–H groups in total. The van der Waals surface area contributed by atoms with Gasteiger partial charge in [-0.05, 0) is 46.0 Å². The van der Waals surface area contributed by atoms with E-state index in [0.717, 1.165) is 0 Å². The summed E-state index contributed by atoms with van der Waals surface area (Å²) in [6.07, 6.45) is 0.593. The lowest BCUT2D eigenvalue weighted by Crippen LogP contribution is -2.49. The molecule has 0 saturated heterocycles. The number of hydrogen-bond acceptors (Lipinski definition) is 5. The zero-order valence-electron chi connectivity index (χ0n) is 14.9. The molecule has 0 bridgehead atoms. The van der Waals surface area contributed by atoms with E-state index in [4.69, 9.17) is 9.29 Å². The Labute approximate surface area is 143 Å². The topological polar surface area (TPSA) is 113 Å². The minimum absolute atomic E-state index is 0.0590. The van der Waals surface area contributed by atoms with E-state index in [1.807, 2.05) is 0 Å². The van der Waals surface area contributed by atoms with Gasteiger partial charge < -0.3 is 15.0 Å². The molecule has 0 radical (unpaired) electrons. The standard InChI is InChI=1S/C15H28N2O6S/c1-15(2,3)23-14(19)16-12-8-10(13(18)17(4)5)6-7-11(12)9-24(20,21)22/h10-12H,6-9H2,1-5H3,(H,16,19)(H,20,21,22)/t10-,11?,12+/m0/s1. The Morgan fingerprint density at radius 2 is 1.83 bits per heavy atom. The molecule has 3 atom stereocenters. The molecule has 24 heavy (non-hydrogen) atoms. The van der Waals surface area contributed by atoms with Gasteiger partial charge >= 0.3 is 6.09 Å². The van der Waals surface area contributed by atoms with Crippen molar-refractivity contribution in [3.8, 4) is 0 Å². The van der Waals surface area contributed by atoms with E-state index in [-0.39, 0.29) is 11.8 Å². The predicted octanol–water partition coefficient (Wildman–Crippen LogP) is 1.27. The lowest BCUT2D eigenvalue weighted by atomic mass is 9.78. The van der Waals surface area contributed by atoms with Crippen LogP contribution < -0.4 is 5.32 Å². The highest BCUT2D eigenvalue weighted by Gasteiger charge is 2.37. The SMILES string of the molecule is CN(C)C(=O)[C@H]1CCC(CS(=O)(=O)O)[C@H](NC(=O)OC(C)(C)C)C1. The third kappa shape index (κ3) is 7.04. The van der Waals surface area contributed by atoms with Crippen molar-refractivity contribution in [3.63, 3.8) is 0 Å². The molecule has 0 heterocycles. The number of carbonyl (C=O) groups excluding carboxylic acids is 2. The molecule has 1 aliphatic rings. The quantitative estimate of drug-likeness (QED) is 0.727. The van der Waals surface area contributed by atoms with Gasteiger partial charge in [0.2, 0.25) is 5.91 Å². The number of hydrogen-bond donors (Lipinski definition) is 2. The van der Waals surface area contributed by atoms with Gasteiger partial charge in [-0.25, -0.2) is 4.79 Å². The van der Waals surface area contributed by atoms with E-state index in [0.29, 0.717) is 19.3 Å². The average molecular weight is 364 g/mol. The molecule has 140 valence electrons. The molecule has 1 rings (SSSR count). The van der Waals surface area contributed by atoms with Gasteiger partial charge in [-0.2, -0.15) is 8.42 Å². The lowest BCUT2D eigenvalue weighted by molar-refractivity contribution is -0.134. The number of nitrogens with one attached hydrogen (secondary N) is 1. The van der Waals surface area contributed by atoms with Crippen molar-refractivity contribution in [1.29, 1.82) is 0 Å². The van der Waals surface area contributed by atoms with Crippen LogP contribution in [0.5, 0.6) is 0 Å². The fourth-order valence-electron chi connectivity index (χ4n) is 2.93. The second-order valence-electron chi connectivity index (χ2n) is 7.50. The summed E-state index contributed by atoms with van der Waals surface area (Å²) in [6, 6.07) is -0.551. The van der Waals surface area contributed by atoms with Crippen LogP contribution in [0.25, 0.3) is 0 Å². The van der Waals surface area contributed by atoms with Gasteiger partial charge in [0.1, 0.15) is 5.60 Å². The zero-order chi connectivity index (χ0) is 18.7. The summed E-state index contributed by atoms with van der Waals surface area (Å²) >= 11 is 0. The van der Waals surface area contributed by atoms with Crippen molar-refractivity contribution < 1.29 is 27.3 Å². The smallest absolute Gasteiger partial charge is 0.407 e. The number of alkyl carbamates (subject to hydrolysis) is 1. The number of ether oxygens (including phenoxy) is 1. The van der Waals surface area contributed by atoms with Crippen LogP contribution in [0.4, 0.5) is 4.79 Å². The predicted molar refractivity (Wildman–Crippen MR) is 89.1 cm³/mol. The maximum absolute atomic E-state index is 12.2. The molecule has 1 aliphatic carbocycles. The normalized spacial score (nSPS) is 25.0. The molecule has 1 fully saturated rings. The van der Waals surface area contributed by atoms with Gasteiger partial charge in [-0.1, -0.05) is 0 Å². The monoisotopic (exact) mass is 364 g/mol. The summed E-state index contributed by atoms with van der Waals surface area (Å²) in [6.45, 7) is 5.17. The molecule has 9 heteroatoms. The summed E-state index contributed by atoms with van der Waals surface area (Å²) < 4.78 is 36.8. The van der Waals surface area contributed by atoms with E-state index in [2.05, 4.69) is 5.32 Å². The van der Waals surface area contributed by atoms with Crippen molar-refractivity contribution in [2.24, 2.45) is 11.8 Å². The van der Waals surface area contributed by atoms with E-state index in [1.165, 1.54) is 4.90 Å². The maximum atomic E-state index is 12.2. The second kappa shape index (κ2) is 7.69. The molecule has 0 aliphatic heterocycles. The number of amides is 2. The van der Waals surface area contributed by atoms with Gasteiger partial charge in [-0.3, -0.25) is 9.35 Å². The van der Waals surface area contributed by atoms with E-state index in [9.17, 15) is 18.0 Å². The van der Waals surface area contributed by atoms with Gasteiger partial charge in [0.15, 0.2) is 0 Å². The molecule has 1 saturated carbocycles. The van der Waals surface area contributed by atoms with Crippen LogP contribution in [0.15, 0.2) is 0 Å². The lowest BCUT2D eigenvalue weighted by Gasteiger charge is -2.36. The Kier molecular flexibility index (Phi) is 6.63. The van der Waals surface area contributed by atoms with E-state index in [1.54, 1.807) is 34.9 Å². The summed E-state index contributed by atoms with van der Waals surface area (Å²) in [7, 11) is -0.858. The van der Waals surface area contributed by atoms with Crippen molar-refractivity contribution in [1.82, 2.24) is 10.2 Å². The summed E-state index contributed by atoms with van der Waals surface area (Å²) in [5.74, 6) is -1.26. The average Bonchev–Trinajstić information content (AvgIpc) is 2.35. The van der Waals surface area contributed by atoms with Crippen LogP contribution in [-0.4, -0.2) is 61.4 Å². The third-order valence-electron chi connectivity index (χ3n) is 3.91. The molecule has 0 aromatic rings. The minimum atomic E-state index is -4.17. The molecule has 0 aromatic carbocycles. The molecule has 0 aromatic heterocycles. The molecule has 0 spiro atoms. The highest BCUT2D eigenvalue weighted by atomic mass is 32.2. The Morgan fingerprint density at radius 3 is 2.29 bits per heavy atom. The first-order chi connectivity index (χ1) is 10.8. The fraction of sp³-hybridized carbons (Fsp3) is 0.867. The zero-order valence-corrected chi connectivity index (χ0v) is 15.7. The Balaban J connectivity index is 2.86. The first-order valence-corrected chi connectivity index (χ1v) is 9.55. The number of carbonyl (C=O) groups is 2. The van der Waals surface area contributed by atoms with E-state index >= 15 is 0 Å². The van der Waals surface area contributed by atoms with Gasteiger partial charge in [0.25, 0.3) is 10.1 Å². The van der Waals surface area contributed by atoms with Crippen LogP contribution in [0.3, 0.4) is 0 Å². The number of nitrogens with zero attached hydrogens (tertiary/aromatic N) is 1. The largest absolute Gasteiger partial charge is 0.444 e. The molecule has 2 amide bonds. The van der Waals surface area contributed by atoms with Crippen LogP contribution in [0.1, 0.15) is 40.0 Å². The second-order valence-corrected chi connectivity index (χ2v) is 9.00. The highest BCUT2D eigenvalue weighted by molar-refractivity contribution is 7.85. The van der Waals surface area contributed by atoms with Crippen molar-refractivity contribution >= 4 is 22.1 Å². The Bertz CT molecular complexity index is 567. The van der Waals surface area contributed by atoms with Gasteiger partial charge in [0.05, 0.1) is 5.75 Å². The Hall–Kier alpha value is -1.35. The first-order valence-electron chi connectivity index (χ1n) is 7.94. The third-order valence-corrected chi connectivity index (χ3v) is 4.76. The highest BCUT2D eigenvalue weighted by Crippen LogP contribution is 2.31. The molecular formula is C15H28N2O6S. The van der Waals surface area contributed by atoms with Crippen molar-refractivity contribution in [2.75, 3.05) is 19.8 Å². The van der Waals surface area contributed by atoms with Crippen LogP contribution in [0.2, 0.25) is 0 Å². The molecule has 1 unspecified atom stereocenters. The maximum Gasteiger partial charge on any atom is 0.407 e. The Morgan fingerprint density at radius 1 is 1.25 bits per heavy atom. The van der Waals surface area contributed by atoms with Gasteiger partial charge in [-0.15, -0.1) is 0 Å². The van der Waals surface area contributed by atoms with E-state index < -0.39 is 39.5 Å². The minimum Gasteiger partial charge on any atom is -0.444 e. The summed E-state index contributed by atoms with van der Waals surface area (Å²) in [5, 5.41) is 2.66. The fourth-order valence-corrected chi connectivity index (χ4v) is 3.87. The summed E-state index contributed by atoms with van der Waals surface area (Å²) in [4.78, 5) is 25.7. The van der Waals surface area contributed by atoms with Crippen LogP contribution in [0, 0.1) is 11.8 Å². The summed E-state index contributed by atoms with van der Waals surface area (Å²) in [5.41, 5.74) is -0.684. The molecule has 8 nitrogen and oxygen atoms in total. The van der Waals surface area contributed by atoms with Crippen molar-refractivity contribution in [3.05, 3.63) is 0 Å². The van der Waals surface area contributed by atoms with Crippen LogP contribution in [-0.2, 0) is 19.6 Å². The number of rotatable bonds is 4. The van der Waals surface area contributed by atoms with Gasteiger partial charge in [0, 0.05) is 26.1 Å². The first kappa shape index (κ1) is 20.7. The van der Waals surface area contributed by atoms with Crippen molar-refractivity contribution in [2.45, 2.75) is 51.7 Å². The van der Waals surface area contributed by atoms with Crippen LogP contribution >= 0.6 is 0 Å².